The summed E-state index contributed by atoms with van der Waals surface area (Å²) in [5.41, 5.74) is -0.339. The van der Waals surface area contributed by atoms with Gasteiger partial charge < -0.3 is 10.1 Å². The van der Waals surface area contributed by atoms with Crippen LogP contribution in [0.1, 0.15) is 31.1 Å². The Labute approximate surface area is 111 Å². The van der Waals surface area contributed by atoms with Gasteiger partial charge in [0, 0.05) is 5.56 Å². The molecule has 1 rings (SSSR count). The van der Waals surface area contributed by atoms with E-state index in [-0.39, 0.29) is 22.6 Å². The second kappa shape index (κ2) is 5.57. The van der Waals surface area contributed by atoms with Crippen LogP contribution >= 0.6 is 11.6 Å². The quantitative estimate of drug-likeness (QED) is 0.857. The fraction of sp³-hybridized carbons (Fsp3) is 0.462. The molecular weight excluding hydrogens is 257 g/mol. The molecule has 0 aliphatic rings. The number of halogens is 2. The van der Waals surface area contributed by atoms with Gasteiger partial charge in [-0.25, -0.2) is 4.39 Å². The van der Waals surface area contributed by atoms with E-state index in [1.165, 1.54) is 19.2 Å². The van der Waals surface area contributed by atoms with Crippen LogP contribution in [0, 0.1) is 5.82 Å². The molecule has 0 aliphatic heterocycles. The molecule has 1 amide bonds. The third-order valence-electron chi connectivity index (χ3n) is 2.84. The maximum atomic E-state index is 13.5. The molecule has 0 spiro atoms. The van der Waals surface area contributed by atoms with Crippen LogP contribution in [-0.4, -0.2) is 23.9 Å². The summed E-state index contributed by atoms with van der Waals surface area (Å²) >= 11 is 5.97. The fourth-order valence-corrected chi connectivity index (χ4v) is 1.33. The number of carbonyl (C=O) groups is 1. The lowest BCUT2D eigenvalue weighted by Gasteiger charge is -2.29. The lowest BCUT2D eigenvalue weighted by Crippen LogP contribution is -2.49. The molecule has 0 saturated heterocycles. The maximum Gasteiger partial charge on any atom is 0.251 e. The van der Waals surface area contributed by atoms with E-state index in [9.17, 15) is 9.18 Å². The Bertz CT molecular complexity index is 447. The highest BCUT2D eigenvalue weighted by Crippen LogP contribution is 2.19. The summed E-state index contributed by atoms with van der Waals surface area (Å²) in [6.45, 7) is 5.40. The molecule has 0 bridgehead atoms. The molecule has 0 heterocycles. The van der Waals surface area contributed by atoms with E-state index >= 15 is 0 Å². The van der Waals surface area contributed by atoms with Gasteiger partial charge in [0.2, 0.25) is 0 Å². The Morgan fingerprint density at radius 2 is 2.11 bits per heavy atom. The molecule has 1 aromatic rings. The highest BCUT2D eigenvalue weighted by atomic mass is 35.5. The van der Waals surface area contributed by atoms with Crippen molar-refractivity contribution in [2.75, 3.05) is 7.11 Å². The second-order valence-corrected chi connectivity index (χ2v) is 5.30. The van der Waals surface area contributed by atoms with Crippen molar-refractivity contribution >= 4 is 17.5 Å². The number of amides is 1. The zero-order chi connectivity index (χ0) is 13.9. The molecule has 0 radical (unpaired) electrons. The second-order valence-electron chi connectivity index (χ2n) is 4.64. The summed E-state index contributed by atoms with van der Waals surface area (Å²) in [6, 6.07) is 4.07. The summed E-state index contributed by atoms with van der Waals surface area (Å²) in [5.74, 6) is -0.826. The van der Waals surface area contributed by atoms with Crippen LogP contribution < -0.4 is 10.1 Å². The van der Waals surface area contributed by atoms with Gasteiger partial charge in [-0.3, -0.25) is 4.79 Å². The predicted octanol–water partition coefficient (Wildman–Crippen LogP) is 2.97. The van der Waals surface area contributed by atoms with Gasteiger partial charge in [-0.1, -0.05) is 0 Å². The molecule has 1 atom stereocenters. The topological polar surface area (TPSA) is 38.3 Å². The highest BCUT2D eigenvalue weighted by Gasteiger charge is 2.26. The van der Waals surface area contributed by atoms with Crippen molar-refractivity contribution in [1.82, 2.24) is 5.32 Å². The summed E-state index contributed by atoms with van der Waals surface area (Å²) in [7, 11) is 1.37. The number of alkyl halides is 1. The average Bonchev–Trinajstić information content (AvgIpc) is 2.28. The van der Waals surface area contributed by atoms with Gasteiger partial charge in [0.1, 0.15) is 0 Å². The number of hydrogen-bond acceptors (Lipinski definition) is 2. The summed E-state index contributed by atoms with van der Waals surface area (Å²) in [4.78, 5) is 11.9. The van der Waals surface area contributed by atoms with Gasteiger partial charge in [-0.15, -0.1) is 11.6 Å². The summed E-state index contributed by atoms with van der Waals surface area (Å²) in [5, 5.41) is 2.51. The average molecular weight is 274 g/mol. The molecule has 3 nitrogen and oxygen atoms in total. The third-order valence-corrected chi connectivity index (χ3v) is 3.39. The third kappa shape index (κ3) is 3.35. The van der Waals surface area contributed by atoms with E-state index in [1.54, 1.807) is 6.92 Å². The maximum absolute atomic E-state index is 13.5. The van der Waals surface area contributed by atoms with E-state index in [0.717, 1.165) is 6.07 Å². The van der Waals surface area contributed by atoms with Crippen molar-refractivity contribution in [1.29, 1.82) is 0 Å². The molecule has 100 valence electrons. The Hall–Kier alpha value is -1.29. The number of rotatable bonds is 4. The molecular formula is C13H17ClFNO2. The number of methoxy groups -OCH3 is 1. The van der Waals surface area contributed by atoms with Crippen LogP contribution in [0.5, 0.6) is 5.75 Å². The van der Waals surface area contributed by atoms with Crippen molar-refractivity contribution in [2.24, 2.45) is 0 Å². The minimum Gasteiger partial charge on any atom is -0.494 e. The Morgan fingerprint density at radius 3 is 2.56 bits per heavy atom. The smallest absolute Gasteiger partial charge is 0.251 e. The molecule has 5 heteroatoms. The first-order valence-electron chi connectivity index (χ1n) is 5.58. The largest absolute Gasteiger partial charge is 0.494 e. The number of carbonyl (C=O) groups excluding carboxylic acids is 1. The van der Waals surface area contributed by atoms with Crippen LogP contribution in [-0.2, 0) is 0 Å². The number of nitrogens with one attached hydrogen (secondary N) is 1. The van der Waals surface area contributed by atoms with Gasteiger partial charge in [0.05, 0.1) is 18.0 Å². The van der Waals surface area contributed by atoms with Gasteiger partial charge in [0.15, 0.2) is 11.6 Å². The van der Waals surface area contributed by atoms with Gasteiger partial charge in [-0.2, -0.15) is 0 Å². The van der Waals surface area contributed by atoms with E-state index in [1.807, 2.05) is 13.8 Å². The lowest BCUT2D eigenvalue weighted by molar-refractivity contribution is 0.0912. The minimum absolute atomic E-state index is 0.108. The molecule has 0 aliphatic carbocycles. The highest BCUT2D eigenvalue weighted by molar-refractivity contribution is 6.21. The van der Waals surface area contributed by atoms with E-state index in [2.05, 4.69) is 5.32 Å². The summed E-state index contributed by atoms with van der Waals surface area (Å²) < 4.78 is 18.3. The first-order valence-corrected chi connectivity index (χ1v) is 6.01. The summed E-state index contributed by atoms with van der Waals surface area (Å²) in [6.07, 6.45) is 0. The Morgan fingerprint density at radius 1 is 1.50 bits per heavy atom. The first kappa shape index (κ1) is 14.8. The first-order chi connectivity index (χ1) is 8.27. The van der Waals surface area contributed by atoms with Crippen molar-refractivity contribution in [3.63, 3.8) is 0 Å². The van der Waals surface area contributed by atoms with Gasteiger partial charge in [0.25, 0.3) is 5.91 Å². The standard InChI is InChI=1S/C13H17ClFNO2/c1-8(14)13(2,3)16-12(17)9-5-6-11(18-4)10(15)7-9/h5-8H,1-4H3,(H,16,17). The molecule has 1 unspecified atom stereocenters. The lowest BCUT2D eigenvalue weighted by atomic mass is 10.0. The number of benzene rings is 1. The van der Waals surface area contributed by atoms with Crippen LogP contribution in [0.25, 0.3) is 0 Å². The van der Waals surface area contributed by atoms with Crippen LogP contribution in [0.3, 0.4) is 0 Å². The number of hydrogen-bond donors (Lipinski definition) is 1. The molecule has 1 aromatic carbocycles. The monoisotopic (exact) mass is 273 g/mol. The van der Waals surface area contributed by atoms with Crippen molar-refractivity contribution in [2.45, 2.75) is 31.7 Å². The SMILES string of the molecule is COc1ccc(C(=O)NC(C)(C)C(C)Cl)cc1F. The number of ether oxygens (including phenoxy) is 1. The Balaban J connectivity index is 2.89. The van der Waals surface area contributed by atoms with E-state index < -0.39 is 11.4 Å². The molecule has 0 saturated carbocycles. The van der Waals surface area contributed by atoms with E-state index in [4.69, 9.17) is 16.3 Å². The molecule has 1 N–H and O–H groups in total. The normalized spacial score (nSPS) is 13.0. The molecule has 0 aromatic heterocycles. The minimum atomic E-state index is -0.574. The van der Waals surface area contributed by atoms with Crippen molar-refractivity contribution in [3.8, 4) is 5.75 Å². The van der Waals surface area contributed by atoms with Crippen molar-refractivity contribution in [3.05, 3.63) is 29.6 Å². The zero-order valence-corrected chi connectivity index (χ0v) is 11.6. The molecule has 0 fully saturated rings. The predicted molar refractivity (Wildman–Crippen MR) is 69.8 cm³/mol. The zero-order valence-electron chi connectivity index (χ0n) is 10.9. The fourth-order valence-electron chi connectivity index (χ4n) is 1.27. The van der Waals surface area contributed by atoms with Gasteiger partial charge >= 0.3 is 0 Å². The van der Waals surface area contributed by atoms with Crippen LogP contribution in [0.4, 0.5) is 4.39 Å². The van der Waals surface area contributed by atoms with Gasteiger partial charge in [-0.05, 0) is 39.0 Å². The van der Waals surface area contributed by atoms with Crippen molar-refractivity contribution < 1.29 is 13.9 Å². The van der Waals surface area contributed by atoms with E-state index in [0.29, 0.717) is 0 Å². The van der Waals surface area contributed by atoms with Crippen LogP contribution in [0.2, 0.25) is 0 Å². The molecule has 18 heavy (non-hydrogen) atoms. The van der Waals surface area contributed by atoms with Crippen LogP contribution in [0.15, 0.2) is 18.2 Å². The Kier molecular flexibility index (Phi) is 4.57.